The number of benzene rings is 2. The van der Waals surface area contributed by atoms with Crippen LogP contribution in [0.15, 0.2) is 46.9 Å². The lowest BCUT2D eigenvalue weighted by molar-refractivity contribution is 0.476. The van der Waals surface area contributed by atoms with Crippen molar-refractivity contribution in [1.29, 1.82) is 0 Å². The molecule has 0 bridgehead atoms. The van der Waals surface area contributed by atoms with Crippen molar-refractivity contribution in [3.8, 4) is 11.5 Å². The van der Waals surface area contributed by atoms with E-state index >= 15 is 0 Å². The molecule has 1 aliphatic rings. The van der Waals surface area contributed by atoms with Crippen LogP contribution in [-0.2, 0) is 6.54 Å². The standard InChI is InChI=1S/C16H15N3O/c1-2-6-13-11(4-1)5-3-7-14(13)16-19-18-15(20-16)10-17-12-8-9-12/h1-7,12,17H,8-10H2. The Kier molecular flexibility index (Phi) is 2.74. The van der Waals surface area contributed by atoms with E-state index in [1.54, 1.807) is 0 Å². The lowest BCUT2D eigenvalue weighted by atomic mass is 10.0. The average Bonchev–Trinajstić information content (AvgIpc) is 3.21. The largest absolute Gasteiger partial charge is 0.419 e. The SMILES string of the molecule is c1ccc2c(-c3nnc(CNC4CC4)o3)cccc2c1. The molecule has 1 aromatic heterocycles. The highest BCUT2D eigenvalue weighted by Gasteiger charge is 2.21. The fourth-order valence-electron chi connectivity index (χ4n) is 2.36. The zero-order chi connectivity index (χ0) is 13.4. The number of nitrogens with zero attached hydrogens (tertiary/aromatic N) is 2. The summed E-state index contributed by atoms with van der Waals surface area (Å²) >= 11 is 0. The van der Waals surface area contributed by atoms with Crippen LogP contribution < -0.4 is 5.32 Å². The van der Waals surface area contributed by atoms with Crippen LogP contribution in [0.25, 0.3) is 22.2 Å². The Hall–Kier alpha value is -2.20. The minimum absolute atomic E-state index is 0.592. The number of aromatic nitrogens is 2. The van der Waals surface area contributed by atoms with Crippen LogP contribution in [0.5, 0.6) is 0 Å². The van der Waals surface area contributed by atoms with Crippen LogP contribution in [0.2, 0.25) is 0 Å². The average molecular weight is 265 g/mol. The van der Waals surface area contributed by atoms with Crippen molar-refractivity contribution in [3.05, 3.63) is 48.4 Å². The second-order valence-corrected chi connectivity index (χ2v) is 5.18. The van der Waals surface area contributed by atoms with Crippen molar-refractivity contribution in [2.45, 2.75) is 25.4 Å². The first-order chi connectivity index (χ1) is 9.90. The molecular formula is C16H15N3O. The summed E-state index contributed by atoms with van der Waals surface area (Å²) in [4.78, 5) is 0. The zero-order valence-electron chi connectivity index (χ0n) is 11.0. The number of hydrogen-bond acceptors (Lipinski definition) is 4. The Balaban J connectivity index is 1.67. The van der Waals surface area contributed by atoms with Gasteiger partial charge in [-0.25, -0.2) is 0 Å². The highest BCUT2D eigenvalue weighted by Crippen LogP contribution is 2.27. The summed E-state index contributed by atoms with van der Waals surface area (Å²) in [5.41, 5.74) is 0.994. The van der Waals surface area contributed by atoms with Gasteiger partial charge in [-0.1, -0.05) is 36.4 Å². The minimum atomic E-state index is 0.592. The summed E-state index contributed by atoms with van der Waals surface area (Å²) in [5, 5.41) is 14.0. The van der Waals surface area contributed by atoms with Gasteiger partial charge in [-0.3, -0.25) is 0 Å². The first kappa shape index (κ1) is 11.6. The number of rotatable bonds is 4. The van der Waals surface area contributed by atoms with Crippen LogP contribution in [0.1, 0.15) is 18.7 Å². The fraction of sp³-hybridized carbons (Fsp3) is 0.250. The lowest BCUT2D eigenvalue weighted by Crippen LogP contribution is -2.15. The van der Waals surface area contributed by atoms with Crippen molar-refractivity contribution in [2.24, 2.45) is 0 Å². The highest BCUT2D eigenvalue weighted by atomic mass is 16.4. The van der Waals surface area contributed by atoms with Crippen molar-refractivity contribution < 1.29 is 4.42 Å². The van der Waals surface area contributed by atoms with E-state index in [0.29, 0.717) is 24.4 Å². The van der Waals surface area contributed by atoms with Crippen LogP contribution in [-0.4, -0.2) is 16.2 Å². The van der Waals surface area contributed by atoms with Crippen LogP contribution in [0.4, 0.5) is 0 Å². The van der Waals surface area contributed by atoms with Crippen LogP contribution in [0.3, 0.4) is 0 Å². The molecule has 0 atom stereocenters. The van der Waals surface area contributed by atoms with Gasteiger partial charge >= 0.3 is 0 Å². The molecule has 0 spiro atoms. The van der Waals surface area contributed by atoms with Crippen molar-refractivity contribution in [3.63, 3.8) is 0 Å². The molecule has 0 amide bonds. The maximum Gasteiger partial charge on any atom is 0.248 e. The molecule has 0 radical (unpaired) electrons. The fourth-order valence-corrected chi connectivity index (χ4v) is 2.36. The molecule has 4 heteroatoms. The molecule has 100 valence electrons. The summed E-state index contributed by atoms with van der Waals surface area (Å²) in [6, 6.07) is 15.0. The molecule has 1 heterocycles. The molecular weight excluding hydrogens is 250 g/mol. The minimum Gasteiger partial charge on any atom is -0.419 e. The first-order valence-corrected chi connectivity index (χ1v) is 6.94. The third-order valence-electron chi connectivity index (χ3n) is 3.61. The van der Waals surface area contributed by atoms with E-state index in [1.807, 2.05) is 24.3 Å². The van der Waals surface area contributed by atoms with Gasteiger partial charge in [-0.2, -0.15) is 0 Å². The highest BCUT2D eigenvalue weighted by molar-refractivity contribution is 5.94. The normalized spacial score (nSPS) is 14.8. The molecule has 0 aliphatic heterocycles. The van der Waals surface area contributed by atoms with E-state index < -0.39 is 0 Å². The maximum absolute atomic E-state index is 5.77. The van der Waals surface area contributed by atoms with Crippen molar-refractivity contribution in [1.82, 2.24) is 15.5 Å². The topological polar surface area (TPSA) is 51.0 Å². The van der Waals surface area contributed by atoms with E-state index in [0.717, 1.165) is 10.9 Å². The monoisotopic (exact) mass is 265 g/mol. The van der Waals surface area contributed by atoms with Gasteiger partial charge in [0.2, 0.25) is 11.8 Å². The van der Waals surface area contributed by atoms with Gasteiger partial charge in [0.25, 0.3) is 0 Å². The molecule has 3 aromatic rings. The van der Waals surface area contributed by atoms with Gasteiger partial charge in [0, 0.05) is 11.6 Å². The second kappa shape index (κ2) is 4.72. The van der Waals surface area contributed by atoms with Gasteiger partial charge in [0.15, 0.2) is 0 Å². The zero-order valence-corrected chi connectivity index (χ0v) is 11.0. The molecule has 20 heavy (non-hydrogen) atoms. The summed E-state index contributed by atoms with van der Waals surface area (Å²) in [5.74, 6) is 1.24. The van der Waals surface area contributed by atoms with E-state index in [9.17, 15) is 0 Å². The Bertz CT molecular complexity index is 741. The molecule has 1 aliphatic carbocycles. The summed E-state index contributed by atoms with van der Waals surface area (Å²) in [6.45, 7) is 0.655. The predicted octanol–water partition coefficient (Wildman–Crippen LogP) is 3.14. The molecule has 4 nitrogen and oxygen atoms in total. The number of fused-ring (bicyclic) bond motifs is 1. The molecule has 0 unspecified atom stereocenters. The van der Waals surface area contributed by atoms with E-state index in [-0.39, 0.29) is 0 Å². The van der Waals surface area contributed by atoms with E-state index in [4.69, 9.17) is 4.42 Å². The van der Waals surface area contributed by atoms with Gasteiger partial charge in [0.05, 0.1) is 6.54 Å². The Morgan fingerprint density at radius 3 is 2.80 bits per heavy atom. The smallest absolute Gasteiger partial charge is 0.248 e. The molecule has 2 aromatic carbocycles. The molecule has 0 saturated heterocycles. The van der Waals surface area contributed by atoms with Gasteiger partial charge < -0.3 is 9.73 Å². The van der Waals surface area contributed by atoms with Gasteiger partial charge in [-0.15, -0.1) is 10.2 Å². The Morgan fingerprint density at radius 2 is 1.90 bits per heavy atom. The first-order valence-electron chi connectivity index (χ1n) is 6.94. The molecule has 1 fully saturated rings. The van der Waals surface area contributed by atoms with Crippen molar-refractivity contribution >= 4 is 10.8 Å². The molecule has 1 saturated carbocycles. The van der Waals surface area contributed by atoms with Crippen LogP contribution in [0, 0.1) is 0 Å². The van der Waals surface area contributed by atoms with Gasteiger partial charge in [0.1, 0.15) is 0 Å². The summed E-state index contributed by atoms with van der Waals surface area (Å²) < 4.78 is 5.77. The summed E-state index contributed by atoms with van der Waals surface area (Å²) in [7, 11) is 0. The predicted molar refractivity (Wildman–Crippen MR) is 77.1 cm³/mol. The quantitative estimate of drug-likeness (QED) is 0.787. The Morgan fingerprint density at radius 1 is 1.05 bits per heavy atom. The summed E-state index contributed by atoms with van der Waals surface area (Å²) in [6.07, 6.45) is 2.51. The second-order valence-electron chi connectivity index (χ2n) is 5.18. The Labute approximate surface area is 116 Å². The third kappa shape index (κ3) is 2.18. The van der Waals surface area contributed by atoms with E-state index in [2.05, 4.69) is 33.7 Å². The molecule has 4 rings (SSSR count). The molecule has 1 N–H and O–H groups in total. The maximum atomic E-state index is 5.77. The van der Waals surface area contributed by atoms with E-state index in [1.165, 1.54) is 18.2 Å². The van der Waals surface area contributed by atoms with Crippen molar-refractivity contribution in [2.75, 3.05) is 0 Å². The number of nitrogens with one attached hydrogen (secondary N) is 1. The van der Waals surface area contributed by atoms with Gasteiger partial charge in [-0.05, 0) is 29.7 Å². The lowest BCUT2D eigenvalue weighted by Gasteiger charge is -2.01. The van der Waals surface area contributed by atoms with Crippen LogP contribution >= 0.6 is 0 Å². The third-order valence-corrected chi connectivity index (χ3v) is 3.61. The number of hydrogen-bond donors (Lipinski definition) is 1.